The van der Waals surface area contributed by atoms with E-state index in [0.717, 1.165) is 39.3 Å². The monoisotopic (exact) mass is 330 g/mol. The van der Waals surface area contributed by atoms with E-state index in [1.807, 2.05) is 71.4 Å². The molecule has 4 nitrogen and oxygen atoms in total. The van der Waals surface area contributed by atoms with Crippen LogP contribution in [0.1, 0.15) is 0 Å². The quantitative estimate of drug-likeness (QED) is 0.544. The molecule has 4 aromatic rings. The average molecular weight is 330 g/mol. The highest BCUT2D eigenvalue weighted by Gasteiger charge is 2.14. The van der Waals surface area contributed by atoms with Gasteiger partial charge in [-0.3, -0.25) is 0 Å². The van der Waals surface area contributed by atoms with E-state index in [2.05, 4.69) is 6.07 Å². The first-order chi connectivity index (χ1) is 12.3. The van der Waals surface area contributed by atoms with Crippen molar-refractivity contribution in [3.63, 3.8) is 0 Å². The summed E-state index contributed by atoms with van der Waals surface area (Å²) in [5.41, 5.74) is 4.01. The minimum absolute atomic E-state index is 0.811. The van der Waals surface area contributed by atoms with Gasteiger partial charge < -0.3 is 9.47 Å². The summed E-state index contributed by atoms with van der Waals surface area (Å²) in [7, 11) is 3.34. The summed E-state index contributed by atoms with van der Waals surface area (Å²) in [6.45, 7) is 0. The smallest absolute Gasteiger partial charge is 0.121 e. The van der Waals surface area contributed by atoms with E-state index in [9.17, 15) is 0 Å². The molecule has 0 aliphatic heterocycles. The normalized spacial score (nSPS) is 10.8. The van der Waals surface area contributed by atoms with E-state index in [1.54, 1.807) is 14.2 Å². The van der Waals surface area contributed by atoms with E-state index in [-0.39, 0.29) is 0 Å². The number of nitrogens with zero attached hydrogens (tertiary/aromatic N) is 2. The molecule has 0 aliphatic carbocycles. The van der Waals surface area contributed by atoms with Crippen molar-refractivity contribution in [2.24, 2.45) is 0 Å². The van der Waals surface area contributed by atoms with Crippen LogP contribution in [-0.4, -0.2) is 24.0 Å². The molecule has 124 valence electrons. The zero-order chi connectivity index (χ0) is 17.2. The van der Waals surface area contributed by atoms with Gasteiger partial charge in [-0.25, -0.2) is 4.68 Å². The first-order valence-corrected chi connectivity index (χ1v) is 8.07. The Labute approximate surface area is 146 Å². The molecule has 1 aromatic heterocycles. The minimum Gasteiger partial charge on any atom is -0.497 e. The SMILES string of the molecule is COc1ccc(-c2nn(-c3ccccc3)c3cc(OC)ccc23)cc1. The molecule has 0 saturated carbocycles. The molecule has 4 heteroatoms. The Hall–Kier alpha value is -3.27. The standard InChI is InChI=1S/C21H18N2O2/c1-24-17-10-8-15(9-11-17)21-19-13-12-18(25-2)14-20(19)23(22-21)16-6-4-3-5-7-16/h3-14H,1-2H3. The van der Waals surface area contributed by atoms with E-state index < -0.39 is 0 Å². The molecule has 0 amide bonds. The average Bonchev–Trinajstić information content (AvgIpc) is 3.07. The number of fused-ring (bicyclic) bond motifs is 1. The first kappa shape index (κ1) is 15.3. The fraction of sp³-hybridized carbons (Fsp3) is 0.0952. The van der Waals surface area contributed by atoms with E-state index in [4.69, 9.17) is 14.6 Å². The van der Waals surface area contributed by atoms with Crippen LogP contribution in [0.2, 0.25) is 0 Å². The molecule has 0 unspecified atom stereocenters. The Morgan fingerprint density at radius 3 is 2.12 bits per heavy atom. The van der Waals surface area contributed by atoms with Gasteiger partial charge in [-0.2, -0.15) is 5.10 Å². The molecule has 0 aliphatic rings. The highest BCUT2D eigenvalue weighted by molar-refractivity contribution is 5.95. The highest BCUT2D eigenvalue weighted by atomic mass is 16.5. The summed E-state index contributed by atoms with van der Waals surface area (Å²) < 4.78 is 12.6. The van der Waals surface area contributed by atoms with Crippen molar-refractivity contribution in [1.29, 1.82) is 0 Å². The van der Waals surface area contributed by atoms with Crippen molar-refractivity contribution in [1.82, 2.24) is 9.78 Å². The van der Waals surface area contributed by atoms with Crippen LogP contribution in [0, 0.1) is 0 Å². The Kier molecular flexibility index (Phi) is 3.86. The summed E-state index contributed by atoms with van der Waals surface area (Å²) in [5, 5.41) is 5.96. The third kappa shape index (κ3) is 2.72. The molecule has 1 heterocycles. The van der Waals surface area contributed by atoms with Crippen LogP contribution < -0.4 is 9.47 Å². The van der Waals surface area contributed by atoms with Crippen molar-refractivity contribution in [2.45, 2.75) is 0 Å². The second-order valence-electron chi connectivity index (χ2n) is 5.71. The number of hydrogen-bond acceptors (Lipinski definition) is 3. The largest absolute Gasteiger partial charge is 0.497 e. The predicted molar refractivity (Wildman–Crippen MR) is 99.6 cm³/mol. The van der Waals surface area contributed by atoms with Crippen LogP contribution in [-0.2, 0) is 0 Å². The molecule has 0 fully saturated rings. The lowest BCUT2D eigenvalue weighted by molar-refractivity contribution is 0.415. The molecule has 0 saturated heterocycles. The van der Waals surface area contributed by atoms with Crippen molar-refractivity contribution in [3.8, 4) is 28.4 Å². The lowest BCUT2D eigenvalue weighted by Gasteiger charge is -2.04. The Morgan fingerprint density at radius 1 is 0.760 bits per heavy atom. The molecule has 0 atom stereocenters. The second-order valence-corrected chi connectivity index (χ2v) is 5.71. The summed E-state index contributed by atoms with van der Waals surface area (Å²) in [6.07, 6.45) is 0. The number of benzene rings is 3. The topological polar surface area (TPSA) is 36.3 Å². The second kappa shape index (κ2) is 6.32. The Bertz CT molecular complexity index is 1010. The zero-order valence-electron chi connectivity index (χ0n) is 14.1. The molecule has 4 rings (SSSR count). The van der Waals surface area contributed by atoms with Crippen LogP contribution in [0.5, 0.6) is 11.5 Å². The molecule has 0 N–H and O–H groups in total. The van der Waals surface area contributed by atoms with Crippen molar-refractivity contribution < 1.29 is 9.47 Å². The molecule has 0 bridgehead atoms. The summed E-state index contributed by atoms with van der Waals surface area (Å²) >= 11 is 0. The maximum atomic E-state index is 5.40. The van der Waals surface area contributed by atoms with Gasteiger partial charge in [0, 0.05) is 17.0 Å². The van der Waals surface area contributed by atoms with Gasteiger partial charge in [-0.05, 0) is 48.5 Å². The molecular formula is C21H18N2O2. The molecule has 0 radical (unpaired) electrons. The highest BCUT2D eigenvalue weighted by Crippen LogP contribution is 2.32. The van der Waals surface area contributed by atoms with Gasteiger partial charge in [0.05, 0.1) is 25.4 Å². The van der Waals surface area contributed by atoms with Gasteiger partial charge in [0.25, 0.3) is 0 Å². The minimum atomic E-state index is 0.811. The van der Waals surface area contributed by atoms with Gasteiger partial charge in [-0.1, -0.05) is 18.2 Å². The maximum Gasteiger partial charge on any atom is 0.121 e. The van der Waals surface area contributed by atoms with Gasteiger partial charge >= 0.3 is 0 Å². The van der Waals surface area contributed by atoms with Crippen molar-refractivity contribution in [2.75, 3.05) is 14.2 Å². The fourth-order valence-electron chi connectivity index (χ4n) is 2.95. The van der Waals surface area contributed by atoms with Crippen molar-refractivity contribution >= 4 is 10.9 Å². The van der Waals surface area contributed by atoms with Crippen LogP contribution >= 0.6 is 0 Å². The van der Waals surface area contributed by atoms with Crippen LogP contribution in [0.15, 0.2) is 72.8 Å². The van der Waals surface area contributed by atoms with Crippen LogP contribution in [0.3, 0.4) is 0 Å². The van der Waals surface area contributed by atoms with Gasteiger partial charge in [0.15, 0.2) is 0 Å². The number of para-hydroxylation sites is 1. The Balaban J connectivity index is 1.95. The van der Waals surface area contributed by atoms with E-state index >= 15 is 0 Å². The lowest BCUT2D eigenvalue weighted by atomic mass is 10.1. The van der Waals surface area contributed by atoms with E-state index in [1.165, 1.54) is 0 Å². The fourth-order valence-corrected chi connectivity index (χ4v) is 2.95. The third-order valence-electron chi connectivity index (χ3n) is 4.25. The number of rotatable bonds is 4. The number of methoxy groups -OCH3 is 2. The molecule has 0 spiro atoms. The first-order valence-electron chi connectivity index (χ1n) is 8.07. The Morgan fingerprint density at radius 2 is 1.44 bits per heavy atom. The molecular weight excluding hydrogens is 312 g/mol. The number of aromatic nitrogens is 2. The molecule has 25 heavy (non-hydrogen) atoms. The van der Waals surface area contributed by atoms with Crippen molar-refractivity contribution in [3.05, 3.63) is 72.8 Å². The van der Waals surface area contributed by atoms with E-state index in [0.29, 0.717) is 0 Å². The van der Waals surface area contributed by atoms with Gasteiger partial charge in [0.1, 0.15) is 17.2 Å². The van der Waals surface area contributed by atoms with Crippen LogP contribution in [0.4, 0.5) is 0 Å². The molecule has 3 aromatic carbocycles. The van der Waals surface area contributed by atoms with Gasteiger partial charge in [-0.15, -0.1) is 0 Å². The summed E-state index contributed by atoms with van der Waals surface area (Å²) in [4.78, 5) is 0. The van der Waals surface area contributed by atoms with Gasteiger partial charge in [0.2, 0.25) is 0 Å². The maximum absolute atomic E-state index is 5.40. The summed E-state index contributed by atoms with van der Waals surface area (Å²) in [6, 6.07) is 24.1. The third-order valence-corrected chi connectivity index (χ3v) is 4.25. The zero-order valence-corrected chi connectivity index (χ0v) is 14.1. The predicted octanol–water partition coefficient (Wildman–Crippen LogP) is 4.71. The van der Waals surface area contributed by atoms with Crippen LogP contribution in [0.25, 0.3) is 27.8 Å². The summed E-state index contributed by atoms with van der Waals surface area (Å²) in [5.74, 6) is 1.64. The number of hydrogen-bond donors (Lipinski definition) is 0. The number of ether oxygens (including phenoxy) is 2. The lowest BCUT2D eigenvalue weighted by Crippen LogP contribution is -1.96.